The first-order chi connectivity index (χ1) is 5.65. The standard InChI is InChI=1S/C7H9N3OS/c1-2-3-4-5(6(8)11)10-7(12)9-4/h2-3H,1H3,(H2,8,11)(H2,9,10,12)/b3-2-. The van der Waals surface area contributed by atoms with Gasteiger partial charge in [0.05, 0.1) is 5.69 Å². The summed E-state index contributed by atoms with van der Waals surface area (Å²) in [6, 6.07) is 0. The van der Waals surface area contributed by atoms with E-state index in [1.807, 2.05) is 6.92 Å². The van der Waals surface area contributed by atoms with Crippen LogP contribution in [0.5, 0.6) is 0 Å². The first kappa shape index (κ1) is 8.86. The summed E-state index contributed by atoms with van der Waals surface area (Å²) in [5, 5.41) is 0.386. The average Bonchev–Trinajstić information content (AvgIpc) is 2.32. The van der Waals surface area contributed by atoms with E-state index in [0.717, 1.165) is 0 Å². The number of hydrogen-bond acceptors (Lipinski definition) is 3. The van der Waals surface area contributed by atoms with Crippen molar-refractivity contribution in [3.8, 4) is 0 Å². The molecule has 1 heterocycles. The maximum absolute atomic E-state index is 10.8. The number of rotatable bonds is 2. The van der Waals surface area contributed by atoms with Gasteiger partial charge in [-0.05, 0) is 13.0 Å². The number of primary amides is 1. The molecule has 0 radical (unpaired) electrons. The lowest BCUT2D eigenvalue weighted by atomic mass is 10.3. The Hall–Kier alpha value is -1.23. The van der Waals surface area contributed by atoms with E-state index >= 15 is 0 Å². The Balaban J connectivity index is 3.17. The third-order valence-corrected chi connectivity index (χ3v) is 1.50. The summed E-state index contributed by atoms with van der Waals surface area (Å²) in [6.45, 7) is 1.83. The molecule has 1 rings (SSSR count). The number of thiol groups is 1. The minimum absolute atomic E-state index is 0.290. The van der Waals surface area contributed by atoms with Gasteiger partial charge in [0.2, 0.25) is 0 Å². The SMILES string of the molecule is C/C=C\c1nc(S)[nH]c1C(N)=O. The van der Waals surface area contributed by atoms with Gasteiger partial charge in [-0.1, -0.05) is 6.08 Å². The Morgan fingerprint density at radius 1 is 1.75 bits per heavy atom. The van der Waals surface area contributed by atoms with Crippen LogP contribution in [0.3, 0.4) is 0 Å². The number of aromatic amines is 1. The van der Waals surface area contributed by atoms with Gasteiger partial charge in [0, 0.05) is 0 Å². The molecular weight excluding hydrogens is 174 g/mol. The van der Waals surface area contributed by atoms with Gasteiger partial charge in [-0.2, -0.15) is 0 Å². The Morgan fingerprint density at radius 3 is 2.92 bits per heavy atom. The van der Waals surface area contributed by atoms with Crippen molar-refractivity contribution in [3.05, 3.63) is 17.5 Å². The van der Waals surface area contributed by atoms with Crippen molar-refractivity contribution in [1.82, 2.24) is 9.97 Å². The molecule has 0 aromatic carbocycles. The average molecular weight is 183 g/mol. The van der Waals surface area contributed by atoms with Gasteiger partial charge in [0.15, 0.2) is 5.16 Å². The molecule has 0 aliphatic heterocycles. The minimum Gasteiger partial charge on any atom is -0.364 e. The predicted molar refractivity (Wildman–Crippen MR) is 49.1 cm³/mol. The van der Waals surface area contributed by atoms with E-state index in [2.05, 4.69) is 22.6 Å². The molecule has 0 fully saturated rings. The van der Waals surface area contributed by atoms with E-state index in [4.69, 9.17) is 5.73 Å². The Bertz CT molecular complexity index is 329. The summed E-state index contributed by atoms with van der Waals surface area (Å²) in [5.74, 6) is -0.532. The molecule has 5 heteroatoms. The number of hydrogen-bond donors (Lipinski definition) is 3. The van der Waals surface area contributed by atoms with Crippen molar-refractivity contribution in [3.63, 3.8) is 0 Å². The molecule has 12 heavy (non-hydrogen) atoms. The molecular formula is C7H9N3OS. The first-order valence-electron chi connectivity index (χ1n) is 3.36. The molecule has 0 aliphatic rings. The molecule has 0 spiro atoms. The topological polar surface area (TPSA) is 71.8 Å². The van der Waals surface area contributed by atoms with Gasteiger partial charge >= 0.3 is 0 Å². The van der Waals surface area contributed by atoms with Gasteiger partial charge in [0.1, 0.15) is 5.69 Å². The molecule has 0 aliphatic carbocycles. The van der Waals surface area contributed by atoms with E-state index in [1.54, 1.807) is 12.2 Å². The molecule has 0 atom stereocenters. The van der Waals surface area contributed by atoms with Crippen LogP contribution in [-0.4, -0.2) is 15.9 Å². The number of nitrogens with two attached hydrogens (primary N) is 1. The quantitative estimate of drug-likeness (QED) is 0.594. The fourth-order valence-electron chi connectivity index (χ4n) is 0.840. The second-order valence-corrected chi connectivity index (χ2v) is 2.61. The largest absolute Gasteiger partial charge is 0.364 e. The lowest BCUT2D eigenvalue weighted by molar-refractivity contribution is 0.0995. The maximum Gasteiger partial charge on any atom is 0.267 e. The zero-order valence-electron chi connectivity index (χ0n) is 6.53. The molecule has 4 nitrogen and oxygen atoms in total. The number of allylic oxidation sites excluding steroid dienone is 1. The molecule has 1 amide bonds. The minimum atomic E-state index is -0.532. The molecule has 0 unspecified atom stereocenters. The number of carbonyl (C=O) groups is 1. The second-order valence-electron chi connectivity index (χ2n) is 2.18. The Labute approximate surface area is 75.3 Å². The highest BCUT2D eigenvalue weighted by molar-refractivity contribution is 7.80. The third-order valence-electron chi connectivity index (χ3n) is 1.29. The van der Waals surface area contributed by atoms with E-state index in [-0.39, 0.29) is 5.69 Å². The van der Waals surface area contributed by atoms with Gasteiger partial charge in [-0.25, -0.2) is 4.98 Å². The summed E-state index contributed by atoms with van der Waals surface area (Å²) in [5.41, 5.74) is 5.89. The first-order valence-corrected chi connectivity index (χ1v) is 3.81. The maximum atomic E-state index is 10.8. The number of aromatic nitrogens is 2. The van der Waals surface area contributed by atoms with Gasteiger partial charge in [-0.3, -0.25) is 4.79 Å². The number of amides is 1. The van der Waals surface area contributed by atoms with E-state index in [9.17, 15) is 4.79 Å². The van der Waals surface area contributed by atoms with E-state index in [0.29, 0.717) is 10.9 Å². The highest BCUT2D eigenvalue weighted by Gasteiger charge is 2.09. The van der Waals surface area contributed by atoms with Crippen LogP contribution in [0.4, 0.5) is 0 Å². The van der Waals surface area contributed by atoms with Crippen molar-refractivity contribution in [2.75, 3.05) is 0 Å². The summed E-state index contributed by atoms with van der Waals surface area (Å²) < 4.78 is 0. The van der Waals surface area contributed by atoms with Crippen LogP contribution < -0.4 is 5.73 Å². The van der Waals surface area contributed by atoms with E-state index in [1.165, 1.54) is 0 Å². The number of carbonyl (C=O) groups excluding carboxylic acids is 1. The predicted octanol–water partition coefficient (Wildman–Crippen LogP) is 0.830. The van der Waals surface area contributed by atoms with Crippen molar-refractivity contribution >= 4 is 24.6 Å². The fraction of sp³-hybridized carbons (Fsp3) is 0.143. The van der Waals surface area contributed by atoms with Crippen molar-refractivity contribution in [1.29, 1.82) is 0 Å². The number of nitrogens with zero attached hydrogens (tertiary/aromatic N) is 1. The highest BCUT2D eigenvalue weighted by Crippen LogP contribution is 2.09. The van der Waals surface area contributed by atoms with Gasteiger partial charge in [-0.15, -0.1) is 12.6 Å². The number of nitrogens with one attached hydrogen (secondary N) is 1. The smallest absolute Gasteiger partial charge is 0.267 e. The fourth-order valence-corrected chi connectivity index (χ4v) is 1.06. The second kappa shape index (κ2) is 3.44. The molecule has 1 aromatic heterocycles. The molecule has 0 saturated carbocycles. The molecule has 64 valence electrons. The summed E-state index contributed by atoms with van der Waals surface area (Å²) in [6.07, 6.45) is 3.46. The third kappa shape index (κ3) is 1.68. The number of imidazole rings is 1. The zero-order chi connectivity index (χ0) is 9.14. The summed E-state index contributed by atoms with van der Waals surface area (Å²) in [4.78, 5) is 17.4. The number of H-pyrrole nitrogens is 1. The lowest BCUT2D eigenvalue weighted by Crippen LogP contribution is -2.12. The Morgan fingerprint density at radius 2 is 2.42 bits per heavy atom. The molecule has 1 aromatic rings. The van der Waals surface area contributed by atoms with Crippen molar-refractivity contribution in [2.24, 2.45) is 5.73 Å². The van der Waals surface area contributed by atoms with Crippen LogP contribution >= 0.6 is 12.6 Å². The molecule has 0 saturated heterocycles. The van der Waals surface area contributed by atoms with Crippen LogP contribution in [0.1, 0.15) is 23.1 Å². The molecule has 3 N–H and O–H groups in total. The summed E-state index contributed by atoms with van der Waals surface area (Å²) in [7, 11) is 0. The van der Waals surface area contributed by atoms with Crippen LogP contribution in [0.15, 0.2) is 11.2 Å². The monoisotopic (exact) mass is 183 g/mol. The van der Waals surface area contributed by atoms with Gasteiger partial charge < -0.3 is 10.7 Å². The van der Waals surface area contributed by atoms with E-state index < -0.39 is 5.91 Å². The Kier molecular flexibility index (Phi) is 2.54. The van der Waals surface area contributed by atoms with Gasteiger partial charge in [0.25, 0.3) is 5.91 Å². The normalized spacial score (nSPS) is 10.8. The van der Waals surface area contributed by atoms with Crippen LogP contribution in [0.2, 0.25) is 0 Å². The summed E-state index contributed by atoms with van der Waals surface area (Å²) >= 11 is 3.95. The highest BCUT2D eigenvalue weighted by atomic mass is 32.1. The zero-order valence-corrected chi connectivity index (χ0v) is 7.43. The van der Waals surface area contributed by atoms with Crippen LogP contribution in [-0.2, 0) is 0 Å². The lowest BCUT2D eigenvalue weighted by Gasteiger charge is -1.89. The van der Waals surface area contributed by atoms with Crippen molar-refractivity contribution < 1.29 is 4.79 Å². The van der Waals surface area contributed by atoms with Crippen LogP contribution in [0.25, 0.3) is 6.08 Å². The van der Waals surface area contributed by atoms with Crippen LogP contribution in [0, 0.1) is 0 Å². The van der Waals surface area contributed by atoms with Crippen molar-refractivity contribution in [2.45, 2.75) is 12.1 Å². The molecule has 0 bridgehead atoms.